The van der Waals surface area contributed by atoms with E-state index in [1.54, 1.807) is 18.2 Å². The van der Waals surface area contributed by atoms with Crippen molar-refractivity contribution >= 4 is 21.7 Å². The number of hydrogen-bond donors (Lipinski definition) is 0. The topological polar surface area (TPSA) is 43.4 Å². The van der Waals surface area contributed by atoms with E-state index < -0.39 is 10.1 Å². The zero-order chi connectivity index (χ0) is 12.3. The standard InChI is InChI=1S/C12H15ClO3S/c13-11-8-4-5-9-12(11)17(14,15)16-10-6-2-1-3-7-10/h4-5,8-10H,1-3,6-7H2. The first-order chi connectivity index (χ1) is 8.09. The van der Waals surface area contributed by atoms with Crippen LogP contribution in [0, 0.1) is 0 Å². The summed E-state index contributed by atoms with van der Waals surface area (Å²) in [4.78, 5) is 0.0623. The number of halogens is 1. The van der Waals surface area contributed by atoms with E-state index >= 15 is 0 Å². The summed E-state index contributed by atoms with van der Waals surface area (Å²) in [7, 11) is -3.72. The molecule has 94 valence electrons. The maximum absolute atomic E-state index is 12.0. The normalized spacial score (nSPS) is 18.2. The van der Waals surface area contributed by atoms with Crippen LogP contribution in [0.2, 0.25) is 5.02 Å². The van der Waals surface area contributed by atoms with E-state index in [0.717, 1.165) is 32.1 Å². The molecule has 0 saturated heterocycles. The maximum Gasteiger partial charge on any atom is 0.298 e. The number of hydrogen-bond acceptors (Lipinski definition) is 3. The molecule has 3 nitrogen and oxygen atoms in total. The molecule has 0 N–H and O–H groups in total. The Hall–Kier alpha value is -0.580. The highest BCUT2D eigenvalue weighted by Gasteiger charge is 2.24. The lowest BCUT2D eigenvalue weighted by Gasteiger charge is -2.21. The van der Waals surface area contributed by atoms with Crippen molar-refractivity contribution in [3.63, 3.8) is 0 Å². The van der Waals surface area contributed by atoms with Crippen LogP contribution in [0.15, 0.2) is 29.2 Å². The largest absolute Gasteiger partial charge is 0.298 e. The summed E-state index contributed by atoms with van der Waals surface area (Å²) in [5.74, 6) is 0. The third-order valence-electron chi connectivity index (χ3n) is 2.92. The molecule has 0 aliphatic heterocycles. The van der Waals surface area contributed by atoms with Gasteiger partial charge >= 0.3 is 0 Å². The highest BCUT2D eigenvalue weighted by molar-refractivity contribution is 7.86. The summed E-state index contributed by atoms with van der Waals surface area (Å²) in [6, 6.07) is 6.37. The lowest BCUT2D eigenvalue weighted by atomic mass is 9.98. The first-order valence-corrected chi connectivity index (χ1v) is 7.56. The highest BCUT2D eigenvalue weighted by Crippen LogP contribution is 2.27. The first-order valence-electron chi connectivity index (χ1n) is 5.77. The molecule has 1 aromatic carbocycles. The van der Waals surface area contributed by atoms with Crippen LogP contribution >= 0.6 is 11.6 Å². The molecule has 0 atom stereocenters. The molecule has 0 amide bonds. The summed E-state index contributed by atoms with van der Waals surface area (Å²) in [5, 5.41) is 0.211. The highest BCUT2D eigenvalue weighted by atomic mass is 35.5. The van der Waals surface area contributed by atoms with Crippen LogP contribution in [-0.4, -0.2) is 14.5 Å². The van der Waals surface area contributed by atoms with Gasteiger partial charge in [0.25, 0.3) is 10.1 Å². The van der Waals surface area contributed by atoms with Gasteiger partial charge in [0.2, 0.25) is 0 Å². The lowest BCUT2D eigenvalue weighted by molar-refractivity contribution is 0.162. The Morgan fingerprint density at radius 3 is 2.41 bits per heavy atom. The molecule has 1 fully saturated rings. The minimum Gasteiger partial charge on any atom is -0.263 e. The van der Waals surface area contributed by atoms with Crippen molar-refractivity contribution in [1.29, 1.82) is 0 Å². The predicted octanol–water partition coefficient (Wildman–Crippen LogP) is 3.38. The van der Waals surface area contributed by atoms with Crippen LogP contribution in [0.25, 0.3) is 0 Å². The fraction of sp³-hybridized carbons (Fsp3) is 0.500. The van der Waals surface area contributed by atoms with Gasteiger partial charge < -0.3 is 0 Å². The van der Waals surface area contributed by atoms with Gasteiger partial charge in [-0.3, -0.25) is 4.18 Å². The zero-order valence-electron chi connectivity index (χ0n) is 9.43. The van der Waals surface area contributed by atoms with E-state index in [1.165, 1.54) is 6.07 Å². The fourth-order valence-corrected chi connectivity index (χ4v) is 3.67. The smallest absolute Gasteiger partial charge is 0.263 e. The third kappa shape index (κ3) is 3.21. The SMILES string of the molecule is O=S(=O)(OC1CCCCC1)c1ccccc1Cl. The van der Waals surface area contributed by atoms with Crippen LogP contribution in [0.1, 0.15) is 32.1 Å². The van der Waals surface area contributed by atoms with Crippen LogP contribution in [0.5, 0.6) is 0 Å². The van der Waals surface area contributed by atoms with E-state index in [9.17, 15) is 8.42 Å². The Kier molecular flexibility index (Phi) is 4.07. The Morgan fingerprint density at radius 1 is 1.12 bits per heavy atom. The van der Waals surface area contributed by atoms with Crippen molar-refractivity contribution in [3.05, 3.63) is 29.3 Å². The van der Waals surface area contributed by atoms with Gasteiger partial charge in [0.15, 0.2) is 0 Å². The Morgan fingerprint density at radius 2 is 1.76 bits per heavy atom. The molecule has 0 aromatic heterocycles. The summed E-state index contributed by atoms with van der Waals surface area (Å²) in [6.07, 6.45) is 4.65. The van der Waals surface area contributed by atoms with E-state index in [2.05, 4.69) is 0 Å². The molecule has 1 aliphatic rings. The molecule has 0 unspecified atom stereocenters. The van der Waals surface area contributed by atoms with Crippen molar-refractivity contribution < 1.29 is 12.6 Å². The number of benzene rings is 1. The molecule has 1 aliphatic carbocycles. The maximum atomic E-state index is 12.0. The quantitative estimate of drug-likeness (QED) is 0.794. The van der Waals surface area contributed by atoms with E-state index in [4.69, 9.17) is 15.8 Å². The van der Waals surface area contributed by atoms with Gasteiger partial charge in [0.1, 0.15) is 4.90 Å². The van der Waals surface area contributed by atoms with Gasteiger partial charge in [-0.05, 0) is 25.0 Å². The van der Waals surface area contributed by atoms with E-state index in [-0.39, 0.29) is 16.0 Å². The Balaban J connectivity index is 2.16. The summed E-state index contributed by atoms with van der Waals surface area (Å²) >= 11 is 5.87. The second-order valence-electron chi connectivity index (χ2n) is 4.24. The molecule has 1 saturated carbocycles. The molecule has 0 radical (unpaired) electrons. The Bertz CT molecular complexity index is 478. The monoisotopic (exact) mass is 274 g/mol. The van der Waals surface area contributed by atoms with Crippen LogP contribution < -0.4 is 0 Å². The van der Waals surface area contributed by atoms with Crippen LogP contribution in [0.3, 0.4) is 0 Å². The van der Waals surface area contributed by atoms with Crippen molar-refractivity contribution in [2.24, 2.45) is 0 Å². The summed E-state index contributed by atoms with van der Waals surface area (Å²) < 4.78 is 29.3. The van der Waals surface area contributed by atoms with Crippen molar-refractivity contribution in [3.8, 4) is 0 Å². The van der Waals surface area contributed by atoms with E-state index in [1.807, 2.05) is 0 Å². The second-order valence-corrected chi connectivity index (χ2v) is 6.19. The van der Waals surface area contributed by atoms with Gasteiger partial charge in [-0.15, -0.1) is 0 Å². The first kappa shape index (κ1) is 12.9. The van der Waals surface area contributed by atoms with Crippen molar-refractivity contribution in [2.75, 3.05) is 0 Å². The summed E-state index contributed by atoms with van der Waals surface area (Å²) in [6.45, 7) is 0. The average molecular weight is 275 g/mol. The minimum absolute atomic E-state index is 0.0623. The second kappa shape index (κ2) is 5.38. The minimum atomic E-state index is -3.72. The zero-order valence-corrected chi connectivity index (χ0v) is 11.0. The molecule has 0 bridgehead atoms. The average Bonchev–Trinajstić information content (AvgIpc) is 2.30. The van der Waals surface area contributed by atoms with Gasteiger partial charge in [-0.2, -0.15) is 8.42 Å². The van der Waals surface area contributed by atoms with Crippen molar-refractivity contribution in [2.45, 2.75) is 43.1 Å². The molecule has 0 heterocycles. The van der Waals surface area contributed by atoms with Gasteiger partial charge in [-0.25, -0.2) is 0 Å². The fourth-order valence-electron chi connectivity index (χ4n) is 2.04. The molecule has 17 heavy (non-hydrogen) atoms. The lowest BCUT2D eigenvalue weighted by Crippen LogP contribution is -2.21. The molecule has 1 aromatic rings. The van der Waals surface area contributed by atoms with Gasteiger partial charge in [0.05, 0.1) is 11.1 Å². The molecular formula is C12H15ClO3S. The van der Waals surface area contributed by atoms with Crippen LogP contribution in [0.4, 0.5) is 0 Å². The molecule has 5 heteroatoms. The summed E-state index contributed by atoms with van der Waals surface area (Å²) in [5.41, 5.74) is 0. The Labute approximate surface area is 107 Å². The van der Waals surface area contributed by atoms with Gasteiger partial charge in [0, 0.05) is 0 Å². The van der Waals surface area contributed by atoms with Crippen LogP contribution in [-0.2, 0) is 14.3 Å². The predicted molar refractivity (Wildman–Crippen MR) is 66.6 cm³/mol. The molecule has 0 spiro atoms. The molecular weight excluding hydrogens is 260 g/mol. The van der Waals surface area contributed by atoms with Crippen molar-refractivity contribution in [1.82, 2.24) is 0 Å². The number of rotatable bonds is 3. The third-order valence-corrected chi connectivity index (χ3v) is 4.78. The molecule has 2 rings (SSSR count). The van der Waals surface area contributed by atoms with Gasteiger partial charge in [-0.1, -0.05) is 43.0 Å². The van der Waals surface area contributed by atoms with E-state index in [0.29, 0.717) is 0 Å².